The van der Waals surface area contributed by atoms with Crippen LogP contribution in [0.15, 0.2) is 0 Å². The van der Waals surface area contributed by atoms with Crippen LogP contribution in [-0.2, 0) is 4.79 Å². The van der Waals surface area contributed by atoms with Crippen LogP contribution < -0.4 is 0 Å². The van der Waals surface area contributed by atoms with Crippen LogP contribution >= 0.6 is 0 Å². The van der Waals surface area contributed by atoms with Gasteiger partial charge < -0.3 is 4.90 Å². The Morgan fingerprint density at radius 3 is 2.67 bits per heavy atom. The molecule has 0 aromatic carbocycles. The zero-order valence-corrected chi connectivity index (χ0v) is 10.0. The highest BCUT2D eigenvalue weighted by Gasteiger charge is 2.32. The first-order valence-electron chi connectivity index (χ1n) is 6.42. The molecule has 2 atom stereocenters. The van der Waals surface area contributed by atoms with E-state index in [1.807, 2.05) is 0 Å². The van der Waals surface area contributed by atoms with E-state index in [1.165, 1.54) is 19.5 Å². The number of carbonyl (C=O) groups excluding carboxylic acids is 1. The van der Waals surface area contributed by atoms with Crippen molar-refractivity contribution in [1.82, 2.24) is 4.90 Å². The van der Waals surface area contributed by atoms with E-state index in [4.69, 9.17) is 0 Å². The Bertz CT molecular complexity index is 233. The van der Waals surface area contributed by atoms with Gasteiger partial charge in [-0.25, -0.2) is 0 Å². The molecular weight excluding hydrogens is 186 g/mol. The number of ketones is 1. The third-order valence-corrected chi connectivity index (χ3v) is 4.17. The lowest BCUT2D eigenvalue weighted by atomic mass is 9.75. The van der Waals surface area contributed by atoms with E-state index in [9.17, 15) is 4.79 Å². The fraction of sp³-hybridized carbons (Fsp3) is 0.923. The second-order valence-electron chi connectivity index (χ2n) is 5.60. The van der Waals surface area contributed by atoms with Gasteiger partial charge in [-0.2, -0.15) is 0 Å². The number of nitrogens with zero attached hydrogens (tertiary/aromatic N) is 1. The second kappa shape index (κ2) is 4.65. The molecule has 0 radical (unpaired) electrons. The summed E-state index contributed by atoms with van der Waals surface area (Å²) in [5.74, 6) is 2.41. The predicted octanol–water partition coefficient (Wildman–Crippen LogP) is 2.33. The maximum Gasteiger partial charge on any atom is 0.137 e. The number of hydrogen-bond donors (Lipinski definition) is 0. The fourth-order valence-corrected chi connectivity index (χ4v) is 2.80. The van der Waals surface area contributed by atoms with Gasteiger partial charge in [0.25, 0.3) is 0 Å². The molecule has 1 saturated carbocycles. The Hall–Kier alpha value is -0.370. The molecular formula is C13H23NO. The van der Waals surface area contributed by atoms with E-state index in [1.54, 1.807) is 0 Å². The fourth-order valence-electron chi connectivity index (χ4n) is 2.80. The molecule has 1 aliphatic heterocycles. The van der Waals surface area contributed by atoms with E-state index in [2.05, 4.69) is 18.7 Å². The lowest BCUT2D eigenvalue weighted by Crippen LogP contribution is -2.44. The summed E-state index contributed by atoms with van der Waals surface area (Å²) in [5, 5.41) is 0. The summed E-state index contributed by atoms with van der Waals surface area (Å²) in [6.07, 6.45) is 4.44. The van der Waals surface area contributed by atoms with E-state index < -0.39 is 0 Å². The summed E-state index contributed by atoms with van der Waals surface area (Å²) < 4.78 is 0. The van der Waals surface area contributed by atoms with Crippen LogP contribution in [0.1, 0.15) is 39.5 Å². The first-order valence-corrected chi connectivity index (χ1v) is 6.42. The van der Waals surface area contributed by atoms with Crippen molar-refractivity contribution in [2.24, 2.45) is 17.8 Å². The molecule has 0 bridgehead atoms. The molecule has 1 aliphatic carbocycles. The Kier molecular flexibility index (Phi) is 3.45. The smallest absolute Gasteiger partial charge is 0.137 e. The van der Waals surface area contributed by atoms with Gasteiger partial charge in [0.2, 0.25) is 0 Å². The van der Waals surface area contributed by atoms with Gasteiger partial charge in [-0.15, -0.1) is 0 Å². The molecule has 2 unspecified atom stereocenters. The molecule has 0 aromatic heterocycles. The average Bonchev–Trinajstić information content (AvgIpc) is 2.13. The molecule has 0 N–H and O–H groups in total. The minimum Gasteiger partial charge on any atom is -0.303 e. The van der Waals surface area contributed by atoms with E-state index in [0.29, 0.717) is 11.7 Å². The van der Waals surface area contributed by atoms with E-state index in [-0.39, 0.29) is 0 Å². The Balaban J connectivity index is 1.86. The monoisotopic (exact) mass is 209 g/mol. The van der Waals surface area contributed by atoms with Gasteiger partial charge in [0, 0.05) is 18.9 Å². The van der Waals surface area contributed by atoms with Crippen molar-refractivity contribution in [3.63, 3.8) is 0 Å². The summed E-state index contributed by atoms with van der Waals surface area (Å²) in [4.78, 5) is 14.2. The SMILES string of the molecule is CC(C)C1CCC(=O)C(CN2CCC2)C1. The summed E-state index contributed by atoms with van der Waals surface area (Å²) >= 11 is 0. The zero-order chi connectivity index (χ0) is 10.8. The van der Waals surface area contributed by atoms with Crippen LogP contribution in [0.4, 0.5) is 0 Å². The minimum absolute atomic E-state index is 0.353. The van der Waals surface area contributed by atoms with Gasteiger partial charge in [-0.05, 0) is 44.2 Å². The maximum atomic E-state index is 11.8. The van der Waals surface area contributed by atoms with Crippen LogP contribution in [0.25, 0.3) is 0 Å². The Morgan fingerprint density at radius 1 is 1.40 bits per heavy atom. The van der Waals surface area contributed by atoms with Gasteiger partial charge >= 0.3 is 0 Å². The van der Waals surface area contributed by atoms with Crippen molar-refractivity contribution in [3.8, 4) is 0 Å². The Labute approximate surface area is 93.0 Å². The zero-order valence-electron chi connectivity index (χ0n) is 10.0. The summed E-state index contributed by atoms with van der Waals surface area (Å²) in [6, 6.07) is 0. The largest absolute Gasteiger partial charge is 0.303 e. The molecule has 0 amide bonds. The van der Waals surface area contributed by atoms with Crippen LogP contribution in [0.5, 0.6) is 0 Å². The first-order chi connectivity index (χ1) is 7.16. The highest BCUT2D eigenvalue weighted by Crippen LogP contribution is 2.32. The third kappa shape index (κ3) is 2.60. The number of hydrogen-bond acceptors (Lipinski definition) is 2. The molecule has 15 heavy (non-hydrogen) atoms. The second-order valence-corrected chi connectivity index (χ2v) is 5.60. The van der Waals surface area contributed by atoms with Crippen molar-refractivity contribution in [2.45, 2.75) is 39.5 Å². The van der Waals surface area contributed by atoms with Gasteiger partial charge in [-0.1, -0.05) is 13.8 Å². The van der Waals surface area contributed by atoms with Gasteiger partial charge in [-0.3, -0.25) is 4.79 Å². The standard InChI is InChI=1S/C13H23NO/c1-10(2)11-4-5-13(15)12(8-11)9-14-6-3-7-14/h10-12H,3-9H2,1-2H3. The quantitative estimate of drug-likeness (QED) is 0.711. The number of carbonyl (C=O) groups is 1. The van der Waals surface area contributed by atoms with Crippen LogP contribution in [0.3, 0.4) is 0 Å². The molecule has 0 spiro atoms. The van der Waals surface area contributed by atoms with E-state index in [0.717, 1.165) is 37.6 Å². The lowest BCUT2D eigenvalue weighted by molar-refractivity contribution is -0.127. The van der Waals surface area contributed by atoms with Gasteiger partial charge in [0.05, 0.1) is 0 Å². The summed E-state index contributed by atoms with van der Waals surface area (Å²) in [5.41, 5.74) is 0. The van der Waals surface area contributed by atoms with Gasteiger partial charge in [0.15, 0.2) is 0 Å². The van der Waals surface area contributed by atoms with Crippen molar-refractivity contribution >= 4 is 5.78 Å². The molecule has 0 aromatic rings. The molecule has 2 fully saturated rings. The number of rotatable bonds is 3. The van der Waals surface area contributed by atoms with Crippen LogP contribution in [0, 0.1) is 17.8 Å². The predicted molar refractivity (Wildman–Crippen MR) is 61.7 cm³/mol. The normalized spacial score (nSPS) is 33.1. The van der Waals surface area contributed by atoms with E-state index >= 15 is 0 Å². The molecule has 2 nitrogen and oxygen atoms in total. The minimum atomic E-state index is 0.353. The van der Waals surface area contributed by atoms with Gasteiger partial charge in [0.1, 0.15) is 5.78 Å². The van der Waals surface area contributed by atoms with Crippen molar-refractivity contribution in [3.05, 3.63) is 0 Å². The highest BCUT2D eigenvalue weighted by atomic mass is 16.1. The average molecular weight is 209 g/mol. The highest BCUT2D eigenvalue weighted by molar-refractivity contribution is 5.82. The first kappa shape index (κ1) is 11.1. The topological polar surface area (TPSA) is 20.3 Å². The number of likely N-dealkylation sites (tertiary alicyclic amines) is 1. The van der Waals surface area contributed by atoms with Crippen molar-refractivity contribution < 1.29 is 4.79 Å². The number of Topliss-reactive ketones (excluding diaryl/α,β-unsaturated/α-hetero) is 1. The molecule has 2 heteroatoms. The maximum absolute atomic E-state index is 11.8. The molecule has 86 valence electrons. The van der Waals surface area contributed by atoms with Crippen LogP contribution in [0.2, 0.25) is 0 Å². The molecule has 1 heterocycles. The molecule has 2 aliphatic rings. The van der Waals surface area contributed by atoms with Crippen molar-refractivity contribution in [2.75, 3.05) is 19.6 Å². The summed E-state index contributed by atoms with van der Waals surface area (Å²) in [7, 11) is 0. The molecule has 1 saturated heterocycles. The third-order valence-electron chi connectivity index (χ3n) is 4.17. The lowest BCUT2D eigenvalue weighted by Gasteiger charge is -2.37. The van der Waals surface area contributed by atoms with Crippen LogP contribution in [-0.4, -0.2) is 30.3 Å². The Morgan fingerprint density at radius 2 is 2.13 bits per heavy atom. The summed E-state index contributed by atoms with van der Waals surface area (Å²) in [6.45, 7) is 8.07. The molecule has 2 rings (SSSR count). The van der Waals surface area contributed by atoms with Crippen molar-refractivity contribution in [1.29, 1.82) is 0 Å².